The molecule has 1 aliphatic rings. The molecule has 5 nitrogen and oxygen atoms in total. The van der Waals surface area contributed by atoms with E-state index >= 15 is 0 Å². The predicted molar refractivity (Wildman–Crippen MR) is 102 cm³/mol. The Balaban J connectivity index is 1.50. The summed E-state index contributed by atoms with van der Waals surface area (Å²) < 4.78 is 5.19. The van der Waals surface area contributed by atoms with Crippen LogP contribution in [-0.2, 0) is 22.7 Å². The highest BCUT2D eigenvalue weighted by Crippen LogP contribution is 2.37. The fourth-order valence-corrected chi connectivity index (χ4v) is 3.66. The van der Waals surface area contributed by atoms with Gasteiger partial charge in [-0.1, -0.05) is 67.4 Å². The molecule has 2 N–H and O–H groups in total. The van der Waals surface area contributed by atoms with Crippen LogP contribution in [0.3, 0.4) is 0 Å². The highest BCUT2D eigenvalue weighted by molar-refractivity contribution is 5.71. The minimum absolute atomic E-state index is 0.0779. The minimum atomic E-state index is -0.702. The molecule has 2 aromatic carbocycles. The van der Waals surface area contributed by atoms with Gasteiger partial charge < -0.3 is 15.2 Å². The number of rotatable bonds is 6. The first kappa shape index (κ1) is 19.0. The van der Waals surface area contributed by atoms with Gasteiger partial charge in [0.05, 0.1) is 5.92 Å². The summed E-state index contributed by atoms with van der Waals surface area (Å²) in [5.74, 6) is -0.920. The van der Waals surface area contributed by atoms with Crippen LogP contribution in [0.4, 0.5) is 4.79 Å². The van der Waals surface area contributed by atoms with Gasteiger partial charge in [0.25, 0.3) is 0 Å². The van der Waals surface area contributed by atoms with E-state index in [0.29, 0.717) is 6.54 Å². The molecule has 0 saturated heterocycles. The topological polar surface area (TPSA) is 75.6 Å². The predicted octanol–water partition coefficient (Wildman–Crippen LogP) is 4.47. The molecule has 2 atom stereocenters. The van der Waals surface area contributed by atoms with Gasteiger partial charge in [0.1, 0.15) is 6.61 Å². The summed E-state index contributed by atoms with van der Waals surface area (Å²) in [4.78, 5) is 23.3. The molecule has 2 aromatic rings. The van der Waals surface area contributed by atoms with Crippen molar-refractivity contribution in [2.75, 3.05) is 0 Å². The second kappa shape index (κ2) is 9.21. The molecule has 1 fully saturated rings. The average Bonchev–Trinajstić information content (AvgIpc) is 2.72. The number of benzene rings is 2. The lowest BCUT2D eigenvalue weighted by Crippen LogP contribution is -2.25. The van der Waals surface area contributed by atoms with Gasteiger partial charge in [-0.3, -0.25) is 4.79 Å². The van der Waals surface area contributed by atoms with Gasteiger partial charge in [-0.2, -0.15) is 0 Å². The SMILES string of the molecule is O=C(NCc1ccc([C@@H]2CCCC[C@H]2C(=O)O)cc1)OCc1ccccc1. The smallest absolute Gasteiger partial charge is 0.407 e. The zero-order chi connectivity index (χ0) is 19.1. The standard InChI is InChI=1S/C22H25NO4/c24-21(25)20-9-5-4-8-19(20)18-12-10-16(11-13-18)14-23-22(26)27-15-17-6-2-1-3-7-17/h1-3,6-7,10-13,19-20H,4-5,8-9,14-15H2,(H,23,26)(H,24,25)/t19-,20+/m0/s1. The Morgan fingerprint density at radius 3 is 2.37 bits per heavy atom. The second-order valence-electron chi connectivity index (χ2n) is 6.99. The highest BCUT2D eigenvalue weighted by Gasteiger charge is 2.31. The number of hydrogen-bond donors (Lipinski definition) is 2. The van der Waals surface area contributed by atoms with Crippen molar-refractivity contribution >= 4 is 12.1 Å². The third-order valence-corrected chi connectivity index (χ3v) is 5.14. The maximum atomic E-state index is 11.8. The average molecular weight is 367 g/mol. The highest BCUT2D eigenvalue weighted by atomic mass is 16.5. The van der Waals surface area contributed by atoms with Crippen LogP contribution < -0.4 is 5.32 Å². The third-order valence-electron chi connectivity index (χ3n) is 5.14. The Labute approximate surface area is 159 Å². The fourth-order valence-electron chi connectivity index (χ4n) is 3.66. The van der Waals surface area contributed by atoms with Gasteiger partial charge in [0, 0.05) is 6.54 Å². The van der Waals surface area contributed by atoms with Crippen LogP contribution in [-0.4, -0.2) is 17.2 Å². The molecular weight excluding hydrogens is 342 g/mol. The van der Waals surface area contributed by atoms with Crippen molar-refractivity contribution in [1.82, 2.24) is 5.32 Å². The van der Waals surface area contributed by atoms with E-state index in [9.17, 15) is 14.7 Å². The van der Waals surface area contributed by atoms with Crippen molar-refractivity contribution < 1.29 is 19.4 Å². The van der Waals surface area contributed by atoms with Crippen LogP contribution in [0, 0.1) is 5.92 Å². The Morgan fingerprint density at radius 1 is 0.963 bits per heavy atom. The van der Waals surface area contributed by atoms with Crippen molar-refractivity contribution in [2.24, 2.45) is 5.92 Å². The molecule has 5 heteroatoms. The summed E-state index contributed by atoms with van der Waals surface area (Å²) in [6.07, 6.45) is 3.27. The number of carbonyl (C=O) groups excluding carboxylic acids is 1. The molecule has 0 radical (unpaired) electrons. The number of ether oxygens (including phenoxy) is 1. The van der Waals surface area contributed by atoms with Crippen LogP contribution in [0.25, 0.3) is 0 Å². The first-order valence-electron chi connectivity index (χ1n) is 9.39. The number of carbonyl (C=O) groups is 2. The number of nitrogens with one attached hydrogen (secondary N) is 1. The normalized spacial score (nSPS) is 19.3. The van der Waals surface area contributed by atoms with Crippen molar-refractivity contribution in [3.05, 3.63) is 71.3 Å². The largest absolute Gasteiger partial charge is 0.481 e. The fraction of sp³-hybridized carbons (Fsp3) is 0.364. The molecule has 1 aliphatic carbocycles. The summed E-state index contributed by atoms with van der Waals surface area (Å²) in [6.45, 7) is 0.616. The first-order chi connectivity index (χ1) is 13.1. The lowest BCUT2D eigenvalue weighted by atomic mass is 9.75. The Morgan fingerprint density at radius 2 is 1.67 bits per heavy atom. The maximum Gasteiger partial charge on any atom is 0.407 e. The maximum absolute atomic E-state index is 11.8. The van der Waals surface area contributed by atoms with Crippen LogP contribution in [0.15, 0.2) is 54.6 Å². The minimum Gasteiger partial charge on any atom is -0.481 e. The number of alkyl carbamates (subject to hydrolysis) is 1. The molecule has 0 heterocycles. The van der Waals surface area contributed by atoms with Crippen molar-refractivity contribution in [3.8, 4) is 0 Å². The molecule has 0 aromatic heterocycles. The summed E-state index contributed by atoms with van der Waals surface area (Å²) >= 11 is 0. The van der Waals surface area contributed by atoms with Crippen molar-refractivity contribution in [2.45, 2.75) is 44.8 Å². The van der Waals surface area contributed by atoms with E-state index in [2.05, 4.69) is 5.32 Å². The van der Waals surface area contributed by atoms with Crippen molar-refractivity contribution in [3.63, 3.8) is 0 Å². The molecule has 0 aliphatic heterocycles. The van der Waals surface area contributed by atoms with Crippen LogP contribution in [0.5, 0.6) is 0 Å². The van der Waals surface area contributed by atoms with Gasteiger partial charge in [-0.05, 0) is 35.4 Å². The molecule has 27 heavy (non-hydrogen) atoms. The second-order valence-corrected chi connectivity index (χ2v) is 6.99. The summed E-state index contributed by atoms with van der Waals surface area (Å²) in [5.41, 5.74) is 2.97. The Bertz CT molecular complexity index is 758. The summed E-state index contributed by atoms with van der Waals surface area (Å²) in [5, 5.41) is 12.2. The van der Waals surface area contributed by atoms with E-state index in [1.807, 2.05) is 54.6 Å². The molecule has 0 spiro atoms. The summed E-state index contributed by atoms with van der Waals surface area (Å²) in [6, 6.07) is 17.4. The van der Waals surface area contributed by atoms with Gasteiger partial charge >= 0.3 is 12.1 Å². The monoisotopic (exact) mass is 367 g/mol. The number of amides is 1. The van der Waals surface area contributed by atoms with Gasteiger partial charge in [-0.25, -0.2) is 4.79 Å². The quantitative estimate of drug-likeness (QED) is 0.790. The van der Waals surface area contributed by atoms with E-state index in [1.54, 1.807) is 0 Å². The van der Waals surface area contributed by atoms with Crippen LogP contribution in [0.1, 0.15) is 48.3 Å². The van der Waals surface area contributed by atoms with E-state index in [4.69, 9.17) is 4.74 Å². The number of carboxylic acids is 1. The molecule has 0 unspecified atom stereocenters. The van der Waals surface area contributed by atoms with Crippen molar-refractivity contribution in [1.29, 1.82) is 0 Å². The zero-order valence-electron chi connectivity index (χ0n) is 15.3. The van der Waals surface area contributed by atoms with Gasteiger partial charge in [0.2, 0.25) is 0 Å². The molecular formula is C22H25NO4. The van der Waals surface area contributed by atoms with Gasteiger partial charge in [-0.15, -0.1) is 0 Å². The van der Waals surface area contributed by atoms with Crippen LogP contribution in [0.2, 0.25) is 0 Å². The zero-order valence-corrected chi connectivity index (χ0v) is 15.3. The van der Waals surface area contributed by atoms with Gasteiger partial charge in [0.15, 0.2) is 0 Å². The lowest BCUT2D eigenvalue weighted by molar-refractivity contribution is -0.143. The molecule has 1 saturated carbocycles. The molecule has 0 bridgehead atoms. The number of hydrogen-bond acceptors (Lipinski definition) is 3. The Kier molecular flexibility index (Phi) is 6.47. The molecule has 3 rings (SSSR count). The summed E-state index contributed by atoms with van der Waals surface area (Å²) in [7, 11) is 0. The molecule has 142 valence electrons. The first-order valence-corrected chi connectivity index (χ1v) is 9.39. The number of carboxylic acid groups (broad SMARTS) is 1. The number of aliphatic carboxylic acids is 1. The van der Waals surface area contributed by atoms with Crippen LogP contribution >= 0.6 is 0 Å². The lowest BCUT2D eigenvalue weighted by Gasteiger charge is -2.29. The van der Waals surface area contributed by atoms with E-state index < -0.39 is 12.1 Å². The third kappa shape index (κ3) is 5.33. The van der Waals surface area contributed by atoms with E-state index in [-0.39, 0.29) is 18.4 Å². The van der Waals surface area contributed by atoms with E-state index in [0.717, 1.165) is 42.4 Å². The van der Waals surface area contributed by atoms with E-state index in [1.165, 1.54) is 0 Å². The molecule has 1 amide bonds. The Hall–Kier alpha value is -2.82.